The third-order valence-electron chi connectivity index (χ3n) is 10.8. The van der Waals surface area contributed by atoms with E-state index in [-0.39, 0.29) is 17.4 Å². The van der Waals surface area contributed by atoms with Gasteiger partial charge in [-0.05, 0) is 93.2 Å². The van der Waals surface area contributed by atoms with Gasteiger partial charge in [-0.1, -0.05) is 6.92 Å². The number of hydrogen-bond acceptors (Lipinski definition) is 6. The van der Waals surface area contributed by atoms with Crippen LogP contribution in [0, 0.1) is 5.41 Å². The number of pyridine rings is 1. The second kappa shape index (κ2) is 14.8. The zero-order valence-corrected chi connectivity index (χ0v) is 30.5. The first-order valence-corrected chi connectivity index (χ1v) is 18.4. The van der Waals surface area contributed by atoms with Gasteiger partial charge in [-0.3, -0.25) is 14.7 Å². The fourth-order valence-electron chi connectivity index (χ4n) is 8.07. The highest BCUT2D eigenvalue weighted by Gasteiger charge is 2.44. The molecule has 11 nitrogen and oxygen atoms in total. The van der Waals surface area contributed by atoms with Crippen molar-refractivity contribution in [2.75, 3.05) is 75.8 Å². The SMILES string of the molecule is CCc1[nH]c2ccc(N3CCC4(CCN(CC(=O)N5CCN(c6ccc(C(N)=NC=[NH+]C)cc6)CC5)C4)C3)cc2c1-c1ccc(OC(C)C)nc1. The first kappa shape index (κ1) is 34.5. The molecular weight excluding hydrogens is 639 g/mol. The van der Waals surface area contributed by atoms with Gasteiger partial charge < -0.3 is 30.2 Å². The van der Waals surface area contributed by atoms with Crippen LogP contribution < -0.4 is 25.3 Å². The van der Waals surface area contributed by atoms with Gasteiger partial charge in [0, 0.05) is 108 Å². The minimum Gasteiger partial charge on any atom is -0.475 e. The van der Waals surface area contributed by atoms with E-state index in [4.69, 9.17) is 10.5 Å². The highest BCUT2D eigenvalue weighted by Crippen LogP contribution is 2.42. The van der Waals surface area contributed by atoms with Crippen LogP contribution in [0.15, 0.2) is 65.8 Å². The van der Waals surface area contributed by atoms with Crippen LogP contribution in [0.4, 0.5) is 11.4 Å². The van der Waals surface area contributed by atoms with Crippen LogP contribution in [0.1, 0.15) is 44.9 Å². The number of hydrogen-bond donors (Lipinski definition) is 3. The van der Waals surface area contributed by atoms with Gasteiger partial charge >= 0.3 is 0 Å². The van der Waals surface area contributed by atoms with Crippen LogP contribution in [-0.4, -0.2) is 110 Å². The Morgan fingerprint density at radius 3 is 2.47 bits per heavy atom. The number of aliphatic imine (C=N–C) groups is 1. The van der Waals surface area contributed by atoms with Crippen molar-refractivity contribution >= 4 is 40.4 Å². The van der Waals surface area contributed by atoms with E-state index in [1.54, 1.807) is 13.4 Å². The van der Waals surface area contributed by atoms with Gasteiger partial charge in [0.1, 0.15) is 0 Å². The molecule has 1 spiro atoms. The molecule has 4 aromatic rings. The number of anilines is 2. The number of ether oxygens (including phenoxy) is 1. The van der Waals surface area contributed by atoms with Crippen LogP contribution >= 0.6 is 0 Å². The summed E-state index contributed by atoms with van der Waals surface area (Å²) in [4.78, 5) is 38.1. The van der Waals surface area contributed by atoms with Crippen LogP contribution in [0.3, 0.4) is 0 Å². The number of piperazine rings is 1. The summed E-state index contributed by atoms with van der Waals surface area (Å²) in [5, 5.41) is 1.23. The molecule has 3 fully saturated rings. The molecule has 3 aliphatic rings. The topological polar surface area (TPSA) is 120 Å². The minimum atomic E-state index is 0.0909. The summed E-state index contributed by atoms with van der Waals surface area (Å²) < 4.78 is 5.80. The second-order valence-electron chi connectivity index (χ2n) is 14.6. The Morgan fingerprint density at radius 1 is 1.00 bits per heavy atom. The monoisotopic (exact) mass is 690 g/mol. The normalized spacial score (nSPS) is 20.2. The van der Waals surface area contributed by atoms with E-state index in [1.807, 2.05) is 43.1 Å². The average molecular weight is 691 g/mol. The van der Waals surface area contributed by atoms with Crippen LogP contribution in [0.2, 0.25) is 0 Å². The third-order valence-corrected chi connectivity index (χ3v) is 10.8. The number of amides is 1. The number of amidine groups is 1. The molecule has 11 heteroatoms. The molecule has 0 saturated carbocycles. The number of benzene rings is 2. The van der Waals surface area contributed by atoms with Crippen molar-refractivity contribution < 1.29 is 14.5 Å². The largest absolute Gasteiger partial charge is 0.475 e. The molecular formula is C40H52N9O2+. The number of carbonyl (C=O) groups excluding carboxylic acids is 1. The number of aromatic nitrogens is 2. The van der Waals surface area contributed by atoms with Crippen LogP contribution in [0.25, 0.3) is 22.0 Å². The zero-order chi connectivity index (χ0) is 35.5. The van der Waals surface area contributed by atoms with Gasteiger partial charge in [-0.2, -0.15) is 0 Å². The molecule has 7 rings (SSSR count). The number of rotatable bonds is 10. The number of nitrogens with two attached hydrogens (primary N) is 1. The van der Waals surface area contributed by atoms with Gasteiger partial charge in [0.05, 0.1) is 19.7 Å². The number of likely N-dealkylation sites (tertiary alicyclic amines) is 1. The molecule has 51 heavy (non-hydrogen) atoms. The van der Waals surface area contributed by atoms with Crippen LogP contribution in [0.5, 0.6) is 5.88 Å². The number of aryl methyl sites for hydroxylation is 1. The first-order chi connectivity index (χ1) is 24.7. The van der Waals surface area contributed by atoms with Crippen molar-refractivity contribution in [1.29, 1.82) is 0 Å². The van der Waals surface area contributed by atoms with Gasteiger partial charge in [0.15, 0.2) is 0 Å². The highest BCUT2D eigenvalue weighted by molar-refractivity contribution is 6.01. The molecule has 4 N–H and O–H groups in total. The molecule has 0 aliphatic carbocycles. The van der Waals surface area contributed by atoms with Crippen LogP contribution in [-0.2, 0) is 11.2 Å². The van der Waals surface area contributed by atoms with Gasteiger partial charge in [-0.15, -0.1) is 0 Å². The number of aromatic amines is 1. The lowest BCUT2D eigenvalue weighted by atomic mass is 9.86. The quantitative estimate of drug-likeness (QED) is 0.173. The fourth-order valence-corrected chi connectivity index (χ4v) is 8.07. The molecule has 1 unspecified atom stereocenters. The Hall–Kier alpha value is -4.90. The third kappa shape index (κ3) is 7.44. The van der Waals surface area contributed by atoms with Gasteiger partial charge in [-0.25, -0.2) is 4.98 Å². The number of nitrogens with zero attached hydrogens (tertiary/aromatic N) is 6. The molecule has 0 radical (unpaired) electrons. The zero-order valence-electron chi connectivity index (χ0n) is 30.5. The summed E-state index contributed by atoms with van der Waals surface area (Å²) in [7, 11) is 1.79. The number of carbonyl (C=O) groups is 1. The summed E-state index contributed by atoms with van der Waals surface area (Å²) in [6.45, 7) is 13.9. The summed E-state index contributed by atoms with van der Waals surface area (Å²) in [6.07, 6.45) is 6.81. The predicted octanol–water partition coefficient (Wildman–Crippen LogP) is 3.27. The summed E-state index contributed by atoms with van der Waals surface area (Å²) in [5.74, 6) is 1.38. The van der Waals surface area contributed by atoms with E-state index in [0.29, 0.717) is 18.3 Å². The Bertz CT molecular complexity index is 1890. The smallest absolute Gasteiger partial charge is 0.281 e. The maximum atomic E-state index is 13.5. The summed E-state index contributed by atoms with van der Waals surface area (Å²) in [6, 6.07) is 19.1. The van der Waals surface area contributed by atoms with Gasteiger partial charge in [0.25, 0.3) is 6.34 Å². The maximum Gasteiger partial charge on any atom is 0.281 e. The minimum absolute atomic E-state index is 0.0909. The molecule has 3 aliphatic heterocycles. The standard InChI is InChI=1S/C40H51N9O2/c1-5-34-38(30-8-13-36(43-23-30)51-28(2)3)33-22-32(11-12-35(33)45-34)49-17-15-40(26-49)14-16-46(25-40)24-37(50)48-20-18-47(19-21-48)31-9-6-29(7-10-31)39(41)44-27-42-4/h6-13,22-23,27-28,45H,5,14-21,24-26H2,1-4H3,(H2,41,42,44)/p+1. The Labute approximate surface area is 301 Å². The molecule has 1 amide bonds. The lowest BCUT2D eigenvalue weighted by molar-refractivity contribution is -0.414. The second-order valence-corrected chi connectivity index (χ2v) is 14.6. The molecule has 0 bridgehead atoms. The Morgan fingerprint density at radius 2 is 1.76 bits per heavy atom. The first-order valence-electron chi connectivity index (χ1n) is 18.4. The average Bonchev–Trinajstić information content (AvgIpc) is 3.86. The lowest BCUT2D eigenvalue weighted by Gasteiger charge is -2.37. The number of fused-ring (bicyclic) bond motifs is 1. The van der Waals surface area contributed by atoms with E-state index in [1.165, 1.54) is 22.3 Å². The van der Waals surface area contributed by atoms with Crippen molar-refractivity contribution in [2.24, 2.45) is 16.1 Å². The van der Waals surface area contributed by atoms with Gasteiger partial charge in [0.2, 0.25) is 17.6 Å². The lowest BCUT2D eigenvalue weighted by Crippen LogP contribution is -2.62. The molecule has 3 saturated heterocycles. The molecule has 2 aromatic carbocycles. The van der Waals surface area contributed by atoms with E-state index < -0.39 is 0 Å². The van der Waals surface area contributed by atoms with Crippen molar-refractivity contribution in [3.05, 3.63) is 72.1 Å². The van der Waals surface area contributed by atoms with Crippen molar-refractivity contribution in [3.8, 4) is 17.0 Å². The van der Waals surface area contributed by atoms with Crippen molar-refractivity contribution in [2.45, 2.75) is 46.1 Å². The molecule has 2 aromatic heterocycles. The molecule has 1 atom stereocenters. The Balaban J connectivity index is 0.946. The van der Waals surface area contributed by atoms with E-state index in [9.17, 15) is 4.79 Å². The van der Waals surface area contributed by atoms with Crippen molar-refractivity contribution in [1.82, 2.24) is 19.8 Å². The van der Waals surface area contributed by atoms with E-state index in [2.05, 4.69) is 78.0 Å². The van der Waals surface area contributed by atoms with E-state index in [0.717, 1.165) is 94.0 Å². The summed E-state index contributed by atoms with van der Waals surface area (Å²) in [5.41, 5.74) is 14.3. The summed E-state index contributed by atoms with van der Waals surface area (Å²) >= 11 is 0. The van der Waals surface area contributed by atoms with E-state index >= 15 is 0 Å². The molecule has 268 valence electrons. The molecule has 5 heterocycles. The maximum absolute atomic E-state index is 13.5. The number of nitrogens with one attached hydrogen (secondary N) is 2. The predicted molar refractivity (Wildman–Crippen MR) is 206 cm³/mol. The fraction of sp³-hybridized carbons (Fsp3) is 0.450. The highest BCUT2D eigenvalue weighted by atomic mass is 16.5. The van der Waals surface area contributed by atoms with Crippen molar-refractivity contribution in [3.63, 3.8) is 0 Å². The number of H-pyrrole nitrogens is 1. The Kier molecular flexibility index (Phi) is 9.99.